The molecule has 0 atom stereocenters. The number of benzene rings is 3. The molecule has 0 radical (unpaired) electrons. The highest BCUT2D eigenvalue weighted by Crippen LogP contribution is 2.35. The van der Waals surface area contributed by atoms with Crippen LogP contribution in [0.5, 0.6) is 11.5 Å². The molecule has 0 aromatic heterocycles. The minimum absolute atomic E-state index is 0.131. The Morgan fingerprint density at radius 2 is 1.79 bits per heavy atom. The average molecular weight is 515 g/mol. The van der Waals surface area contributed by atoms with Gasteiger partial charge in [-0.05, 0) is 79.1 Å². The van der Waals surface area contributed by atoms with Gasteiger partial charge in [0.15, 0.2) is 11.5 Å². The van der Waals surface area contributed by atoms with Crippen molar-refractivity contribution in [3.8, 4) is 17.6 Å². The topological polar surface area (TPSA) is 97.7 Å². The Balaban J connectivity index is 1.88. The summed E-state index contributed by atoms with van der Waals surface area (Å²) in [6, 6.07) is 17.5. The van der Waals surface area contributed by atoms with Gasteiger partial charge in [-0.15, -0.1) is 6.58 Å². The van der Waals surface area contributed by atoms with E-state index in [2.05, 4.69) is 16.6 Å². The molecule has 3 rings (SSSR count). The Kier molecular flexibility index (Phi) is 9.78. The molecule has 1 amide bonds. The molecule has 0 heterocycles. The summed E-state index contributed by atoms with van der Waals surface area (Å²) >= 11 is 0. The third kappa shape index (κ3) is 7.31. The SMILES string of the molecule is C=CCc1cc(/C=C(\C#N)C(=O)Nc2ccc(C(=O)OC)cc2)cc(OCC)c1OCc1ccc(F)cc1. The number of halogens is 1. The van der Waals surface area contributed by atoms with E-state index in [0.29, 0.717) is 41.3 Å². The first-order valence-electron chi connectivity index (χ1n) is 11.8. The highest BCUT2D eigenvalue weighted by molar-refractivity contribution is 6.09. The fourth-order valence-electron chi connectivity index (χ4n) is 3.56. The summed E-state index contributed by atoms with van der Waals surface area (Å²) in [5, 5.41) is 12.3. The zero-order valence-electron chi connectivity index (χ0n) is 21.1. The summed E-state index contributed by atoms with van der Waals surface area (Å²) in [6.45, 7) is 6.20. The Bertz CT molecular complexity index is 1370. The van der Waals surface area contributed by atoms with Crippen molar-refractivity contribution in [2.24, 2.45) is 0 Å². The zero-order chi connectivity index (χ0) is 27.5. The fourth-order valence-corrected chi connectivity index (χ4v) is 3.56. The third-order valence-electron chi connectivity index (χ3n) is 5.35. The van der Waals surface area contributed by atoms with Crippen molar-refractivity contribution >= 4 is 23.6 Å². The van der Waals surface area contributed by atoms with Gasteiger partial charge in [0.1, 0.15) is 24.1 Å². The van der Waals surface area contributed by atoms with Crippen LogP contribution in [0.1, 0.15) is 34.0 Å². The molecular weight excluding hydrogens is 487 g/mol. The number of nitriles is 1. The number of allylic oxidation sites excluding steroid dienone is 1. The van der Waals surface area contributed by atoms with Gasteiger partial charge in [-0.25, -0.2) is 9.18 Å². The molecule has 38 heavy (non-hydrogen) atoms. The lowest BCUT2D eigenvalue weighted by Gasteiger charge is -2.17. The van der Waals surface area contributed by atoms with E-state index in [9.17, 15) is 19.2 Å². The van der Waals surface area contributed by atoms with Gasteiger partial charge in [0.25, 0.3) is 5.91 Å². The van der Waals surface area contributed by atoms with Crippen LogP contribution < -0.4 is 14.8 Å². The number of hydrogen-bond acceptors (Lipinski definition) is 6. The van der Waals surface area contributed by atoms with E-state index >= 15 is 0 Å². The highest BCUT2D eigenvalue weighted by atomic mass is 19.1. The average Bonchev–Trinajstić information content (AvgIpc) is 2.92. The van der Waals surface area contributed by atoms with Gasteiger partial charge in [-0.1, -0.05) is 18.2 Å². The summed E-state index contributed by atoms with van der Waals surface area (Å²) in [4.78, 5) is 24.4. The minimum atomic E-state index is -0.613. The third-order valence-corrected chi connectivity index (χ3v) is 5.35. The summed E-state index contributed by atoms with van der Waals surface area (Å²) in [6.07, 6.45) is 3.61. The molecule has 7 nitrogen and oxygen atoms in total. The fraction of sp³-hybridized carbons (Fsp3) is 0.167. The van der Waals surface area contributed by atoms with Crippen LogP contribution in [0.2, 0.25) is 0 Å². The molecule has 0 fully saturated rings. The van der Waals surface area contributed by atoms with Crippen molar-refractivity contribution < 1.29 is 28.2 Å². The number of carbonyl (C=O) groups is 2. The Labute approximate surface area is 220 Å². The van der Waals surface area contributed by atoms with Crippen LogP contribution in [0.25, 0.3) is 6.08 Å². The zero-order valence-corrected chi connectivity index (χ0v) is 21.1. The van der Waals surface area contributed by atoms with Crippen molar-refractivity contribution in [2.45, 2.75) is 20.0 Å². The van der Waals surface area contributed by atoms with E-state index in [1.54, 1.807) is 42.5 Å². The number of rotatable bonds is 11. The van der Waals surface area contributed by atoms with Gasteiger partial charge < -0.3 is 19.5 Å². The number of methoxy groups -OCH3 is 1. The summed E-state index contributed by atoms with van der Waals surface area (Å²) < 4.78 is 29.8. The lowest BCUT2D eigenvalue weighted by atomic mass is 10.0. The number of ether oxygens (including phenoxy) is 3. The molecule has 0 spiro atoms. The normalized spacial score (nSPS) is 10.7. The Morgan fingerprint density at radius 3 is 2.39 bits per heavy atom. The van der Waals surface area contributed by atoms with E-state index in [4.69, 9.17) is 9.47 Å². The second kappa shape index (κ2) is 13.4. The number of nitrogens with zero attached hydrogens (tertiary/aromatic N) is 1. The molecular formula is C30H27FN2O5. The number of nitrogens with one attached hydrogen (secondary N) is 1. The molecule has 0 saturated heterocycles. The van der Waals surface area contributed by atoms with Crippen LogP contribution in [0.15, 0.2) is 78.9 Å². The van der Waals surface area contributed by atoms with Crippen LogP contribution >= 0.6 is 0 Å². The van der Waals surface area contributed by atoms with Gasteiger partial charge >= 0.3 is 5.97 Å². The van der Waals surface area contributed by atoms with Crippen LogP contribution in [0.3, 0.4) is 0 Å². The first-order valence-corrected chi connectivity index (χ1v) is 11.8. The number of anilines is 1. The Morgan fingerprint density at radius 1 is 1.08 bits per heavy atom. The second-order valence-corrected chi connectivity index (χ2v) is 8.04. The van der Waals surface area contributed by atoms with E-state index in [-0.39, 0.29) is 18.0 Å². The molecule has 3 aromatic rings. The van der Waals surface area contributed by atoms with Gasteiger partial charge in [-0.3, -0.25) is 4.79 Å². The Hall–Kier alpha value is -4.90. The molecule has 0 saturated carbocycles. The van der Waals surface area contributed by atoms with Crippen molar-refractivity contribution in [3.63, 3.8) is 0 Å². The molecule has 8 heteroatoms. The van der Waals surface area contributed by atoms with E-state index in [0.717, 1.165) is 11.1 Å². The first kappa shape index (κ1) is 27.7. The van der Waals surface area contributed by atoms with Crippen LogP contribution in [0, 0.1) is 17.1 Å². The van der Waals surface area contributed by atoms with Gasteiger partial charge in [0.2, 0.25) is 0 Å². The van der Waals surface area contributed by atoms with Gasteiger partial charge in [-0.2, -0.15) is 5.26 Å². The molecule has 0 unspecified atom stereocenters. The smallest absolute Gasteiger partial charge is 0.337 e. The lowest BCUT2D eigenvalue weighted by molar-refractivity contribution is -0.112. The molecule has 3 aromatic carbocycles. The van der Waals surface area contributed by atoms with E-state index in [1.165, 1.54) is 37.5 Å². The highest BCUT2D eigenvalue weighted by Gasteiger charge is 2.16. The molecule has 194 valence electrons. The lowest BCUT2D eigenvalue weighted by Crippen LogP contribution is -2.13. The quantitative estimate of drug-likeness (QED) is 0.149. The summed E-state index contributed by atoms with van der Waals surface area (Å²) in [5.74, 6) is -0.495. The van der Waals surface area contributed by atoms with Crippen molar-refractivity contribution in [3.05, 3.63) is 107 Å². The summed E-state index contributed by atoms with van der Waals surface area (Å²) in [7, 11) is 1.28. The van der Waals surface area contributed by atoms with Crippen LogP contribution in [-0.4, -0.2) is 25.6 Å². The molecule has 0 aliphatic heterocycles. The summed E-state index contributed by atoms with van der Waals surface area (Å²) in [5.41, 5.74) is 2.71. The number of amides is 1. The maximum Gasteiger partial charge on any atom is 0.337 e. The number of carbonyl (C=O) groups excluding carboxylic acids is 2. The largest absolute Gasteiger partial charge is 0.490 e. The van der Waals surface area contributed by atoms with Gasteiger partial charge in [0.05, 0.1) is 19.3 Å². The minimum Gasteiger partial charge on any atom is -0.490 e. The van der Waals surface area contributed by atoms with E-state index < -0.39 is 11.9 Å². The predicted molar refractivity (Wildman–Crippen MR) is 142 cm³/mol. The molecule has 0 aliphatic carbocycles. The molecule has 1 N–H and O–H groups in total. The molecule has 0 aliphatic rings. The maximum atomic E-state index is 13.2. The van der Waals surface area contributed by atoms with Crippen LogP contribution in [0.4, 0.5) is 10.1 Å². The second-order valence-electron chi connectivity index (χ2n) is 8.04. The first-order chi connectivity index (χ1) is 18.4. The number of hydrogen-bond donors (Lipinski definition) is 1. The van der Waals surface area contributed by atoms with Gasteiger partial charge in [0, 0.05) is 11.3 Å². The standard InChI is InChI=1S/C30H27FN2O5/c1-4-6-23-15-21(17-27(37-5-2)28(23)38-19-20-7-11-25(31)12-8-20)16-24(18-32)29(34)33-26-13-9-22(10-14-26)30(35)36-3/h4,7-17H,1,5-6,19H2,2-3H3,(H,33,34)/b24-16+. The van der Waals surface area contributed by atoms with Crippen molar-refractivity contribution in [1.29, 1.82) is 5.26 Å². The predicted octanol–water partition coefficient (Wildman–Crippen LogP) is 5.86. The van der Waals surface area contributed by atoms with Crippen LogP contribution in [-0.2, 0) is 22.6 Å². The molecule has 0 bridgehead atoms. The number of esters is 1. The van der Waals surface area contributed by atoms with Crippen molar-refractivity contribution in [2.75, 3.05) is 19.0 Å². The maximum absolute atomic E-state index is 13.2. The van der Waals surface area contributed by atoms with E-state index in [1.807, 2.05) is 13.0 Å². The van der Waals surface area contributed by atoms with Crippen molar-refractivity contribution in [1.82, 2.24) is 0 Å². The monoisotopic (exact) mass is 514 g/mol.